The highest BCUT2D eigenvalue weighted by atomic mass is 16.6. The molecule has 1 unspecified atom stereocenters. The number of carbonyl (C=O) groups is 1. The number of nitrogens with one attached hydrogen (secondary N) is 1. The summed E-state index contributed by atoms with van der Waals surface area (Å²) in [5.41, 5.74) is 1.22. The molecule has 2 rings (SSSR count). The van der Waals surface area contributed by atoms with Gasteiger partial charge >= 0.3 is 6.09 Å². The smallest absolute Gasteiger partial charge is 0.409 e. The quantitative estimate of drug-likeness (QED) is 0.848. The van der Waals surface area contributed by atoms with E-state index in [9.17, 15) is 4.79 Å². The number of benzene rings is 1. The van der Waals surface area contributed by atoms with E-state index in [1.54, 1.807) is 4.90 Å². The first kappa shape index (κ1) is 13.9. The van der Waals surface area contributed by atoms with E-state index >= 15 is 0 Å². The van der Waals surface area contributed by atoms with Gasteiger partial charge in [0.2, 0.25) is 0 Å². The SMILES string of the molecule is CCCCOC(=O)N1CCNC(c2ccccc2)C1. The van der Waals surface area contributed by atoms with Gasteiger partial charge in [-0.2, -0.15) is 0 Å². The highest BCUT2D eigenvalue weighted by Crippen LogP contribution is 2.17. The van der Waals surface area contributed by atoms with Gasteiger partial charge < -0.3 is 15.0 Å². The third-order valence-corrected chi connectivity index (χ3v) is 3.36. The molecule has 0 radical (unpaired) electrons. The molecule has 0 aromatic heterocycles. The molecule has 1 amide bonds. The molecule has 1 aromatic carbocycles. The summed E-state index contributed by atoms with van der Waals surface area (Å²) in [5.74, 6) is 0. The second-order valence-electron chi connectivity index (χ2n) is 4.83. The Labute approximate surface area is 114 Å². The molecule has 104 valence electrons. The van der Waals surface area contributed by atoms with Gasteiger partial charge in [-0.1, -0.05) is 43.7 Å². The van der Waals surface area contributed by atoms with Crippen molar-refractivity contribution in [1.82, 2.24) is 10.2 Å². The van der Waals surface area contributed by atoms with Gasteiger partial charge in [-0.25, -0.2) is 4.79 Å². The molecule has 1 aliphatic rings. The van der Waals surface area contributed by atoms with E-state index in [0.29, 0.717) is 19.7 Å². The Kier molecular flexibility index (Phi) is 5.21. The van der Waals surface area contributed by atoms with Crippen LogP contribution in [-0.2, 0) is 4.74 Å². The number of rotatable bonds is 4. The molecule has 1 fully saturated rings. The van der Waals surface area contributed by atoms with Gasteiger partial charge in [0.05, 0.1) is 12.6 Å². The van der Waals surface area contributed by atoms with E-state index in [-0.39, 0.29) is 12.1 Å². The average molecular weight is 262 g/mol. The molecular formula is C15H22N2O2. The second-order valence-corrected chi connectivity index (χ2v) is 4.83. The highest BCUT2D eigenvalue weighted by Gasteiger charge is 2.24. The first-order valence-corrected chi connectivity index (χ1v) is 7.01. The maximum Gasteiger partial charge on any atom is 0.409 e. The molecule has 1 aromatic rings. The summed E-state index contributed by atoms with van der Waals surface area (Å²) >= 11 is 0. The standard InChI is InChI=1S/C15H22N2O2/c1-2-3-11-19-15(18)17-10-9-16-14(12-17)13-7-5-4-6-8-13/h4-8,14,16H,2-3,9-12H2,1H3. The van der Waals surface area contributed by atoms with Gasteiger partial charge in [0.15, 0.2) is 0 Å². The summed E-state index contributed by atoms with van der Waals surface area (Å²) < 4.78 is 5.27. The van der Waals surface area contributed by atoms with Crippen LogP contribution in [-0.4, -0.2) is 37.2 Å². The Bertz CT molecular complexity index is 394. The summed E-state index contributed by atoms with van der Waals surface area (Å²) in [6, 6.07) is 10.4. The number of hydrogen-bond acceptors (Lipinski definition) is 3. The fraction of sp³-hybridized carbons (Fsp3) is 0.533. The highest BCUT2D eigenvalue weighted by molar-refractivity contribution is 5.67. The van der Waals surface area contributed by atoms with Crippen molar-refractivity contribution in [3.05, 3.63) is 35.9 Å². The third kappa shape index (κ3) is 3.96. The monoisotopic (exact) mass is 262 g/mol. The molecule has 0 spiro atoms. The molecule has 4 heteroatoms. The molecule has 1 heterocycles. The zero-order chi connectivity index (χ0) is 13.5. The van der Waals surface area contributed by atoms with Crippen molar-refractivity contribution in [2.24, 2.45) is 0 Å². The molecule has 1 N–H and O–H groups in total. The van der Waals surface area contributed by atoms with Crippen LogP contribution >= 0.6 is 0 Å². The summed E-state index contributed by atoms with van der Waals surface area (Å²) in [6.07, 6.45) is 1.79. The molecule has 0 aliphatic carbocycles. The Morgan fingerprint density at radius 2 is 2.21 bits per heavy atom. The lowest BCUT2D eigenvalue weighted by Crippen LogP contribution is -2.48. The maximum atomic E-state index is 11.9. The second kappa shape index (κ2) is 7.14. The summed E-state index contributed by atoms with van der Waals surface area (Å²) in [7, 11) is 0. The van der Waals surface area contributed by atoms with Gasteiger partial charge in [0, 0.05) is 19.6 Å². The zero-order valence-corrected chi connectivity index (χ0v) is 11.5. The summed E-state index contributed by atoms with van der Waals surface area (Å²) in [5, 5.41) is 3.44. The van der Waals surface area contributed by atoms with Crippen molar-refractivity contribution in [1.29, 1.82) is 0 Å². The largest absolute Gasteiger partial charge is 0.449 e. The predicted octanol–water partition coefficient (Wildman–Crippen LogP) is 2.57. The molecule has 1 atom stereocenters. The van der Waals surface area contributed by atoms with E-state index in [0.717, 1.165) is 19.4 Å². The van der Waals surface area contributed by atoms with Gasteiger partial charge in [-0.15, -0.1) is 0 Å². The molecule has 0 bridgehead atoms. The maximum absolute atomic E-state index is 11.9. The van der Waals surface area contributed by atoms with Crippen LogP contribution < -0.4 is 5.32 Å². The van der Waals surface area contributed by atoms with Crippen LogP contribution in [0.1, 0.15) is 31.4 Å². The lowest BCUT2D eigenvalue weighted by atomic mass is 10.1. The minimum Gasteiger partial charge on any atom is -0.449 e. The Morgan fingerprint density at radius 1 is 1.42 bits per heavy atom. The van der Waals surface area contributed by atoms with Crippen LogP contribution in [0.15, 0.2) is 30.3 Å². The molecule has 4 nitrogen and oxygen atoms in total. The Morgan fingerprint density at radius 3 is 2.95 bits per heavy atom. The molecule has 1 saturated heterocycles. The van der Waals surface area contributed by atoms with Gasteiger partial charge in [0.25, 0.3) is 0 Å². The van der Waals surface area contributed by atoms with Crippen molar-refractivity contribution in [2.75, 3.05) is 26.2 Å². The first-order valence-electron chi connectivity index (χ1n) is 7.01. The molecular weight excluding hydrogens is 240 g/mol. The Balaban J connectivity index is 1.88. The lowest BCUT2D eigenvalue weighted by Gasteiger charge is -2.33. The van der Waals surface area contributed by atoms with Crippen LogP contribution in [0.5, 0.6) is 0 Å². The van der Waals surface area contributed by atoms with Crippen molar-refractivity contribution >= 4 is 6.09 Å². The molecule has 1 aliphatic heterocycles. The fourth-order valence-electron chi connectivity index (χ4n) is 2.22. The number of nitrogens with zero attached hydrogens (tertiary/aromatic N) is 1. The third-order valence-electron chi connectivity index (χ3n) is 3.36. The lowest BCUT2D eigenvalue weighted by molar-refractivity contribution is 0.0894. The van der Waals surface area contributed by atoms with Crippen LogP contribution in [0.25, 0.3) is 0 Å². The van der Waals surface area contributed by atoms with Gasteiger partial charge in [0.1, 0.15) is 0 Å². The first-order chi connectivity index (χ1) is 9.31. The van der Waals surface area contributed by atoms with Crippen LogP contribution in [0.3, 0.4) is 0 Å². The number of piperazine rings is 1. The normalized spacial score (nSPS) is 19.2. The van der Waals surface area contributed by atoms with Crippen molar-refractivity contribution < 1.29 is 9.53 Å². The van der Waals surface area contributed by atoms with E-state index in [1.807, 2.05) is 18.2 Å². The number of hydrogen-bond donors (Lipinski definition) is 1. The van der Waals surface area contributed by atoms with Gasteiger partial charge in [-0.3, -0.25) is 0 Å². The topological polar surface area (TPSA) is 41.6 Å². The number of ether oxygens (including phenoxy) is 1. The number of amides is 1. The number of unbranched alkanes of at least 4 members (excludes halogenated alkanes) is 1. The zero-order valence-electron chi connectivity index (χ0n) is 11.5. The van der Waals surface area contributed by atoms with Crippen LogP contribution in [0.4, 0.5) is 4.79 Å². The molecule has 19 heavy (non-hydrogen) atoms. The summed E-state index contributed by atoms with van der Waals surface area (Å²) in [4.78, 5) is 13.7. The predicted molar refractivity (Wildman–Crippen MR) is 75.0 cm³/mol. The van der Waals surface area contributed by atoms with E-state index in [2.05, 4.69) is 24.4 Å². The Hall–Kier alpha value is -1.55. The van der Waals surface area contributed by atoms with Crippen molar-refractivity contribution in [2.45, 2.75) is 25.8 Å². The summed E-state index contributed by atoms with van der Waals surface area (Å²) in [6.45, 7) is 4.81. The molecule has 0 saturated carbocycles. The van der Waals surface area contributed by atoms with E-state index in [4.69, 9.17) is 4.74 Å². The van der Waals surface area contributed by atoms with Crippen LogP contribution in [0, 0.1) is 0 Å². The van der Waals surface area contributed by atoms with E-state index < -0.39 is 0 Å². The fourth-order valence-corrected chi connectivity index (χ4v) is 2.22. The average Bonchev–Trinajstić information content (AvgIpc) is 2.48. The number of carbonyl (C=O) groups excluding carboxylic acids is 1. The minimum absolute atomic E-state index is 0.184. The van der Waals surface area contributed by atoms with Crippen LogP contribution in [0.2, 0.25) is 0 Å². The van der Waals surface area contributed by atoms with Crippen molar-refractivity contribution in [3.8, 4) is 0 Å². The minimum atomic E-state index is -0.184. The van der Waals surface area contributed by atoms with Gasteiger partial charge in [-0.05, 0) is 12.0 Å². The van der Waals surface area contributed by atoms with Crippen molar-refractivity contribution in [3.63, 3.8) is 0 Å². The van der Waals surface area contributed by atoms with E-state index in [1.165, 1.54) is 5.56 Å².